The maximum absolute atomic E-state index is 12.9. The fraction of sp³-hybridized carbons (Fsp3) is 0.556. The fourth-order valence-electron chi connectivity index (χ4n) is 3.30. The average Bonchev–Trinajstić information content (AvgIpc) is 3.25. The molecule has 3 heterocycles. The largest absolute Gasteiger partial charge is 0.346 e. The molecule has 3 N–H and O–H groups in total. The summed E-state index contributed by atoms with van der Waals surface area (Å²) in [4.78, 5) is 41.5. The molecule has 26 heavy (non-hydrogen) atoms. The van der Waals surface area contributed by atoms with E-state index in [1.807, 2.05) is 25.7 Å². The summed E-state index contributed by atoms with van der Waals surface area (Å²) in [6.45, 7) is 8.50. The van der Waals surface area contributed by atoms with Crippen molar-refractivity contribution in [2.24, 2.45) is 0 Å². The highest BCUT2D eigenvalue weighted by molar-refractivity contribution is 5.93. The number of aromatic amines is 2. The molecule has 2 aromatic rings. The highest BCUT2D eigenvalue weighted by Crippen LogP contribution is 2.21. The van der Waals surface area contributed by atoms with E-state index in [9.17, 15) is 9.59 Å². The fourth-order valence-corrected chi connectivity index (χ4v) is 3.30. The first kappa shape index (κ1) is 18.2. The van der Waals surface area contributed by atoms with E-state index in [1.165, 1.54) is 6.20 Å². The molecule has 2 amide bonds. The molecule has 0 aliphatic carbocycles. The van der Waals surface area contributed by atoms with Gasteiger partial charge in [-0.25, -0.2) is 9.97 Å². The van der Waals surface area contributed by atoms with E-state index in [0.717, 1.165) is 18.7 Å². The van der Waals surface area contributed by atoms with Gasteiger partial charge < -0.3 is 20.2 Å². The van der Waals surface area contributed by atoms with Gasteiger partial charge in [0.15, 0.2) is 0 Å². The first-order chi connectivity index (χ1) is 12.4. The Morgan fingerprint density at radius 3 is 2.58 bits per heavy atom. The molecular formula is C18H26N6O2. The summed E-state index contributed by atoms with van der Waals surface area (Å²) < 4.78 is 0. The molecule has 2 atom stereocenters. The van der Waals surface area contributed by atoms with Crippen molar-refractivity contribution in [3.05, 3.63) is 35.4 Å². The lowest BCUT2D eigenvalue weighted by Gasteiger charge is -2.39. The maximum Gasteiger partial charge on any atom is 0.272 e. The van der Waals surface area contributed by atoms with Crippen LogP contribution in [0.3, 0.4) is 0 Å². The van der Waals surface area contributed by atoms with Crippen LogP contribution < -0.4 is 5.32 Å². The lowest BCUT2D eigenvalue weighted by Crippen LogP contribution is -2.55. The van der Waals surface area contributed by atoms with Crippen LogP contribution >= 0.6 is 0 Å². The molecule has 8 heteroatoms. The molecule has 0 aromatic carbocycles. The number of hydrogen-bond acceptors (Lipinski definition) is 4. The van der Waals surface area contributed by atoms with Gasteiger partial charge in [-0.3, -0.25) is 9.59 Å². The van der Waals surface area contributed by atoms with Crippen molar-refractivity contribution in [2.75, 3.05) is 6.54 Å². The number of carbonyl (C=O) groups excluding carboxylic acids is 2. The third kappa shape index (κ3) is 3.63. The first-order valence-corrected chi connectivity index (χ1v) is 9.05. The molecule has 0 bridgehead atoms. The van der Waals surface area contributed by atoms with E-state index in [0.29, 0.717) is 23.8 Å². The van der Waals surface area contributed by atoms with Gasteiger partial charge in [0.05, 0.1) is 12.4 Å². The molecule has 1 fully saturated rings. The molecule has 0 saturated carbocycles. The number of likely N-dealkylation sites (tertiary alicyclic amines) is 1. The summed E-state index contributed by atoms with van der Waals surface area (Å²) in [6.07, 6.45) is 4.80. The van der Waals surface area contributed by atoms with E-state index in [-0.39, 0.29) is 29.8 Å². The number of imidazole rings is 2. The first-order valence-electron chi connectivity index (χ1n) is 9.05. The van der Waals surface area contributed by atoms with Crippen molar-refractivity contribution in [3.63, 3.8) is 0 Å². The van der Waals surface area contributed by atoms with E-state index >= 15 is 0 Å². The number of rotatable bonds is 4. The Morgan fingerprint density at radius 2 is 1.96 bits per heavy atom. The highest BCUT2D eigenvalue weighted by atomic mass is 16.2. The van der Waals surface area contributed by atoms with Gasteiger partial charge >= 0.3 is 0 Å². The predicted molar refractivity (Wildman–Crippen MR) is 97.0 cm³/mol. The van der Waals surface area contributed by atoms with E-state index in [2.05, 4.69) is 25.3 Å². The van der Waals surface area contributed by atoms with Crippen LogP contribution in [0.1, 0.15) is 72.2 Å². The Kier molecular flexibility index (Phi) is 5.11. The van der Waals surface area contributed by atoms with Crippen molar-refractivity contribution >= 4 is 11.8 Å². The van der Waals surface area contributed by atoms with Crippen LogP contribution in [0.25, 0.3) is 0 Å². The van der Waals surface area contributed by atoms with Crippen LogP contribution in [0.2, 0.25) is 0 Å². The van der Waals surface area contributed by atoms with Crippen molar-refractivity contribution in [2.45, 2.75) is 58.5 Å². The van der Waals surface area contributed by atoms with Gasteiger partial charge in [0.2, 0.25) is 0 Å². The van der Waals surface area contributed by atoms with Gasteiger partial charge in [0, 0.05) is 24.5 Å². The van der Waals surface area contributed by atoms with Crippen LogP contribution in [0.15, 0.2) is 12.4 Å². The van der Waals surface area contributed by atoms with Crippen molar-refractivity contribution in [3.8, 4) is 0 Å². The molecule has 140 valence electrons. The average molecular weight is 358 g/mol. The Hall–Kier alpha value is -2.64. The van der Waals surface area contributed by atoms with E-state index in [4.69, 9.17) is 0 Å². The molecule has 1 aliphatic rings. The number of H-pyrrole nitrogens is 2. The summed E-state index contributed by atoms with van der Waals surface area (Å²) in [5.41, 5.74) is 0.935. The van der Waals surface area contributed by atoms with Gasteiger partial charge in [-0.05, 0) is 26.7 Å². The topological polar surface area (TPSA) is 107 Å². The van der Waals surface area contributed by atoms with Crippen LogP contribution in [0.4, 0.5) is 0 Å². The highest BCUT2D eigenvalue weighted by Gasteiger charge is 2.33. The van der Waals surface area contributed by atoms with Crippen molar-refractivity contribution in [1.82, 2.24) is 30.2 Å². The number of carbonyl (C=O) groups is 2. The Labute approximate surface area is 152 Å². The van der Waals surface area contributed by atoms with E-state index < -0.39 is 0 Å². The lowest BCUT2D eigenvalue weighted by molar-refractivity contribution is 0.0551. The van der Waals surface area contributed by atoms with E-state index in [1.54, 1.807) is 13.1 Å². The summed E-state index contributed by atoms with van der Waals surface area (Å²) in [6, 6.07) is -0.202. The second-order valence-electron chi connectivity index (χ2n) is 7.18. The second-order valence-corrected chi connectivity index (χ2v) is 7.18. The molecule has 2 aromatic heterocycles. The zero-order valence-corrected chi connectivity index (χ0v) is 15.7. The molecule has 0 radical (unpaired) electrons. The number of aromatic nitrogens is 4. The van der Waals surface area contributed by atoms with Gasteiger partial charge in [-0.2, -0.15) is 0 Å². The van der Waals surface area contributed by atoms with Crippen LogP contribution in [0, 0.1) is 6.92 Å². The predicted octanol–water partition coefficient (Wildman–Crippen LogP) is 1.99. The molecule has 3 rings (SSSR count). The zero-order chi connectivity index (χ0) is 18.8. The van der Waals surface area contributed by atoms with Crippen LogP contribution in [-0.4, -0.2) is 55.3 Å². The molecule has 8 nitrogen and oxygen atoms in total. The number of hydrogen-bond donors (Lipinski definition) is 3. The van der Waals surface area contributed by atoms with Gasteiger partial charge in [0.1, 0.15) is 23.0 Å². The van der Waals surface area contributed by atoms with Crippen LogP contribution in [0.5, 0.6) is 0 Å². The molecular weight excluding hydrogens is 332 g/mol. The van der Waals surface area contributed by atoms with Crippen molar-refractivity contribution in [1.29, 1.82) is 0 Å². The smallest absolute Gasteiger partial charge is 0.272 e. The lowest BCUT2D eigenvalue weighted by atomic mass is 9.97. The Bertz CT molecular complexity index is 793. The Balaban J connectivity index is 1.69. The molecule has 2 unspecified atom stereocenters. The number of amides is 2. The molecule has 1 aliphatic heterocycles. The monoisotopic (exact) mass is 358 g/mol. The standard InChI is InChI=1S/C18H26N6O2/c1-10(2)16-20-9-15(22-16)18(26)24-7-5-6-13(11(24)3)23-17(25)14-8-19-12(4)21-14/h8-11,13H,5-7H2,1-4H3,(H,19,21)(H,20,22)(H,23,25). The Morgan fingerprint density at radius 1 is 1.23 bits per heavy atom. The number of nitrogens with one attached hydrogen (secondary N) is 3. The molecule has 1 saturated heterocycles. The number of piperidine rings is 1. The second kappa shape index (κ2) is 7.31. The van der Waals surface area contributed by atoms with Gasteiger partial charge in [0.25, 0.3) is 11.8 Å². The summed E-state index contributed by atoms with van der Waals surface area (Å²) in [5, 5.41) is 3.03. The summed E-state index contributed by atoms with van der Waals surface area (Å²) in [7, 11) is 0. The third-order valence-corrected chi connectivity index (χ3v) is 4.89. The number of aryl methyl sites for hydroxylation is 1. The normalized spacial score (nSPS) is 20.4. The van der Waals surface area contributed by atoms with Gasteiger partial charge in [-0.15, -0.1) is 0 Å². The zero-order valence-electron chi connectivity index (χ0n) is 15.7. The minimum absolute atomic E-state index is 0.0757. The third-order valence-electron chi connectivity index (χ3n) is 4.89. The summed E-state index contributed by atoms with van der Waals surface area (Å²) >= 11 is 0. The van der Waals surface area contributed by atoms with Crippen LogP contribution in [-0.2, 0) is 0 Å². The quantitative estimate of drug-likeness (QED) is 0.777. The maximum atomic E-state index is 12.9. The number of nitrogens with zero attached hydrogens (tertiary/aromatic N) is 3. The SMILES string of the molecule is Cc1ncc(C(=O)NC2CCCN(C(=O)c3cnc(C(C)C)[nH]3)C2C)[nH]1. The van der Waals surface area contributed by atoms with Gasteiger partial charge in [-0.1, -0.05) is 13.8 Å². The minimum atomic E-state index is -0.194. The van der Waals surface area contributed by atoms with Crippen molar-refractivity contribution < 1.29 is 9.59 Å². The summed E-state index contributed by atoms with van der Waals surface area (Å²) in [5.74, 6) is 1.47. The molecule has 0 spiro atoms. The minimum Gasteiger partial charge on any atom is -0.346 e.